The van der Waals surface area contributed by atoms with E-state index in [0.717, 1.165) is 64.0 Å². The van der Waals surface area contributed by atoms with Crippen molar-refractivity contribution in [2.45, 2.75) is 58.5 Å². The first-order valence-corrected chi connectivity index (χ1v) is 11.3. The van der Waals surface area contributed by atoms with Crippen molar-refractivity contribution in [1.82, 2.24) is 4.98 Å². The number of halogens is 3. The molecule has 7 heteroatoms. The number of pyridine rings is 1. The van der Waals surface area contributed by atoms with Crippen LogP contribution < -0.4 is 0 Å². The molecule has 2 heterocycles. The summed E-state index contributed by atoms with van der Waals surface area (Å²) >= 11 is 1.69. The number of aliphatic carboxylic acids is 1. The number of fused-ring (bicyclic) bond motifs is 3. The number of rotatable bonds is 6. The van der Waals surface area contributed by atoms with Crippen LogP contribution in [0, 0.1) is 12.8 Å². The summed E-state index contributed by atoms with van der Waals surface area (Å²) in [6.45, 7) is 3.63. The van der Waals surface area contributed by atoms with Crippen molar-refractivity contribution >= 4 is 27.5 Å². The summed E-state index contributed by atoms with van der Waals surface area (Å²) in [7, 11) is 0. The Bertz CT molecular complexity index is 1130. The number of aryl methyl sites for hydroxylation is 3. The number of carbonyl (C=O) groups is 1. The molecule has 0 amide bonds. The Morgan fingerprint density at radius 2 is 1.94 bits per heavy atom. The second kappa shape index (κ2) is 8.26. The number of carboxylic acid groups (broad SMARTS) is 1. The van der Waals surface area contributed by atoms with Gasteiger partial charge < -0.3 is 5.11 Å². The zero-order valence-corrected chi connectivity index (χ0v) is 18.3. The number of aromatic nitrogens is 1. The van der Waals surface area contributed by atoms with Gasteiger partial charge in [-0.1, -0.05) is 19.1 Å². The van der Waals surface area contributed by atoms with Crippen LogP contribution in [0.15, 0.2) is 24.3 Å². The highest BCUT2D eigenvalue weighted by molar-refractivity contribution is 7.19. The van der Waals surface area contributed by atoms with Gasteiger partial charge in [-0.3, -0.25) is 4.79 Å². The highest BCUT2D eigenvalue weighted by Crippen LogP contribution is 2.44. The fraction of sp³-hybridized carbons (Fsp3) is 0.417. The van der Waals surface area contributed by atoms with Gasteiger partial charge in [0, 0.05) is 16.0 Å². The Kier molecular flexibility index (Phi) is 5.81. The zero-order valence-electron chi connectivity index (χ0n) is 17.5. The number of benzene rings is 1. The molecule has 31 heavy (non-hydrogen) atoms. The van der Waals surface area contributed by atoms with E-state index in [1.807, 2.05) is 6.92 Å². The minimum Gasteiger partial charge on any atom is -0.481 e. The van der Waals surface area contributed by atoms with E-state index in [1.54, 1.807) is 30.4 Å². The van der Waals surface area contributed by atoms with E-state index >= 15 is 0 Å². The summed E-state index contributed by atoms with van der Waals surface area (Å²) in [5.41, 5.74) is 4.23. The molecule has 0 fully saturated rings. The van der Waals surface area contributed by atoms with E-state index < -0.39 is 23.6 Å². The van der Waals surface area contributed by atoms with Crippen molar-refractivity contribution in [2.75, 3.05) is 0 Å². The van der Waals surface area contributed by atoms with E-state index in [1.165, 1.54) is 10.4 Å². The van der Waals surface area contributed by atoms with Gasteiger partial charge in [-0.2, -0.15) is 13.2 Å². The largest absolute Gasteiger partial charge is 0.481 e. The maximum absolute atomic E-state index is 13.1. The molecule has 0 bridgehead atoms. The van der Waals surface area contributed by atoms with Crippen LogP contribution in [0.1, 0.15) is 53.4 Å². The number of nitrogens with zero attached hydrogens (tertiary/aromatic N) is 1. The summed E-state index contributed by atoms with van der Waals surface area (Å²) in [6, 6.07) is 5.39. The van der Waals surface area contributed by atoms with E-state index in [4.69, 9.17) is 4.98 Å². The van der Waals surface area contributed by atoms with Gasteiger partial charge in [0.25, 0.3) is 0 Å². The smallest absolute Gasteiger partial charge is 0.416 e. The van der Waals surface area contributed by atoms with Crippen LogP contribution in [-0.2, 0) is 30.2 Å². The van der Waals surface area contributed by atoms with Crippen molar-refractivity contribution in [3.8, 4) is 11.1 Å². The van der Waals surface area contributed by atoms with E-state index in [9.17, 15) is 23.1 Å². The molecule has 3 nitrogen and oxygen atoms in total. The summed E-state index contributed by atoms with van der Waals surface area (Å²) in [5.74, 6) is -1.25. The average Bonchev–Trinajstić information content (AvgIpc) is 3.28. The van der Waals surface area contributed by atoms with Crippen molar-refractivity contribution in [3.63, 3.8) is 0 Å². The lowest BCUT2D eigenvalue weighted by Crippen LogP contribution is -2.10. The standard InChI is InChI=1S/C24H24F3NO2S/c1-13(23(29)30)5-3-6-17-14(2)28-22-21(18-7-4-8-19(18)31-22)20(17)15-9-11-16(12-10-15)24(25,26)27/h9-13H,3-8H2,1-2H3,(H,29,30). The van der Waals surface area contributed by atoms with Gasteiger partial charge in [0.2, 0.25) is 0 Å². The molecule has 1 N–H and O–H groups in total. The first kappa shape index (κ1) is 21.8. The van der Waals surface area contributed by atoms with Crippen LogP contribution in [0.4, 0.5) is 13.2 Å². The highest BCUT2D eigenvalue weighted by Gasteiger charge is 2.30. The molecule has 3 aromatic rings. The molecule has 0 saturated heterocycles. The fourth-order valence-corrected chi connectivity index (χ4v) is 5.75. The molecule has 0 aliphatic heterocycles. The number of alkyl halides is 3. The summed E-state index contributed by atoms with van der Waals surface area (Å²) < 4.78 is 39.3. The van der Waals surface area contributed by atoms with Crippen LogP contribution in [0.2, 0.25) is 0 Å². The molecule has 1 atom stereocenters. The number of hydrogen-bond acceptors (Lipinski definition) is 3. The monoisotopic (exact) mass is 447 g/mol. The number of hydrogen-bond donors (Lipinski definition) is 1. The van der Waals surface area contributed by atoms with Gasteiger partial charge in [0.05, 0.1) is 11.5 Å². The van der Waals surface area contributed by atoms with Gasteiger partial charge in [-0.15, -0.1) is 11.3 Å². The molecule has 4 rings (SSSR count). The first-order chi connectivity index (χ1) is 14.7. The van der Waals surface area contributed by atoms with E-state index in [2.05, 4.69) is 0 Å². The average molecular weight is 448 g/mol. The SMILES string of the molecule is Cc1nc2sc3c(c2c(-c2ccc(C(F)(F)F)cc2)c1CCCC(C)C(=O)O)CCC3. The molecule has 1 aliphatic carbocycles. The molecule has 164 valence electrons. The Hall–Kier alpha value is -2.41. The lowest BCUT2D eigenvalue weighted by Gasteiger charge is -2.17. The summed E-state index contributed by atoms with van der Waals surface area (Å²) in [4.78, 5) is 18.3. The fourth-order valence-electron chi connectivity index (χ4n) is 4.44. The van der Waals surface area contributed by atoms with Crippen molar-refractivity contribution in [2.24, 2.45) is 5.92 Å². The Labute approximate surface area is 182 Å². The minimum absolute atomic E-state index is 0.433. The molecular weight excluding hydrogens is 423 g/mol. The lowest BCUT2D eigenvalue weighted by molar-refractivity contribution is -0.141. The van der Waals surface area contributed by atoms with Gasteiger partial charge in [-0.25, -0.2) is 4.98 Å². The van der Waals surface area contributed by atoms with Crippen molar-refractivity contribution < 1.29 is 23.1 Å². The molecule has 1 aromatic carbocycles. The van der Waals surface area contributed by atoms with Crippen LogP contribution in [-0.4, -0.2) is 16.1 Å². The van der Waals surface area contributed by atoms with Crippen molar-refractivity contribution in [1.29, 1.82) is 0 Å². The summed E-state index contributed by atoms with van der Waals surface area (Å²) in [6.07, 6.45) is 0.566. The van der Waals surface area contributed by atoms with Crippen LogP contribution in [0.3, 0.4) is 0 Å². The number of thiophene rings is 1. The first-order valence-electron chi connectivity index (χ1n) is 10.5. The second-order valence-electron chi connectivity index (χ2n) is 8.29. The molecule has 2 aromatic heterocycles. The van der Waals surface area contributed by atoms with Crippen LogP contribution >= 0.6 is 11.3 Å². The molecule has 0 radical (unpaired) electrons. The maximum Gasteiger partial charge on any atom is 0.416 e. The third-order valence-corrected chi connectivity index (χ3v) is 7.33. The Morgan fingerprint density at radius 3 is 2.58 bits per heavy atom. The van der Waals surface area contributed by atoms with Gasteiger partial charge in [0.15, 0.2) is 0 Å². The third kappa shape index (κ3) is 4.20. The molecule has 1 aliphatic rings. The maximum atomic E-state index is 13.1. The Balaban J connectivity index is 1.82. The van der Waals surface area contributed by atoms with Crippen LogP contribution in [0.5, 0.6) is 0 Å². The molecule has 0 spiro atoms. The number of carboxylic acids is 1. The van der Waals surface area contributed by atoms with Gasteiger partial charge >= 0.3 is 12.1 Å². The minimum atomic E-state index is -4.37. The topological polar surface area (TPSA) is 50.2 Å². The predicted molar refractivity (Wildman–Crippen MR) is 117 cm³/mol. The summed E-state index contributed by atoms with van der Waals surface area (Å²) in [5, 5.41) is 10.2. The second-order valence-corrected chi connectivity index (χ2v) is 9.38. The predicted octanol–water partition coefficient (Wildman–Crippen LogP) is 6.82. The zero-order chi connectivity index (χ0) is 22.3. The van der Waals surface area contributed by atoms with E-state index in [-0.39, 0.29) is 0 Å². The molecule has 1 unspecified atom stereocenters. The lowest BCUT2D eigenvalue weighted by atomic mass is 9.90. The molecular formula is C24H24F3NO2S. The van der Waals surface area contributed by atoms with E-state index in [0.29, 0.717) is 19.3 Å². The van der Waals surface area contributed by atoms with Gasteiger partial charge in [-0.05, 0) is 79.8 Å². The Morgan fingerprint density at radius 1 is 1.23 bits per heavy atom. The third-order valence-electron chi connectivity index (χ3n) is 6.15. The van der Waals surface area contributed by atoms with Gasteiger partial charge in [0.1, 0.15) is 4.83 Å². The molecule has 0 saturated carbocycles. The normalized spacial score (nSPS) is 14.7. The highest BCUT2D eigenvalue weighted by atomic mass is 32.1. The quantitative estimate of drug-likeness (QED) is 0.451. The van der Waals surface area contributed by atoms with Crippen molar-refractivity contribution in [3.05, 3.63) is 51.5 Å². The van der Waals surface area contributed by atoms with Crippen LogP contribution in [0.25, 0.3) is 21.3 Å².